The molecule has 1 aliphatic heterocycles. The quantitative estimate of drug-likeness (QED) is 0.481. The average Bonchev–Trinajstić information content (AvgIpc) is 2.84. The highest BCUT2D eigenvalue weighted by Gasteiger charge is 2.13. The zero-order valence-corrected chi connectivity index (χ0v) is 12.1. The van der Waals surface area contributed by atoms with E-state index in [0.29, 0.717) is 6.04 Å². The van der Waals surface area contributed by atoms with Gasteiger partial charge in [0.25, 0.3) is 5.69 Å². The average molecular weight is 361 g/mol. The van der Waals surface area contributed by atoms with Crippen molar-refractivity contribution in [1.29, 1.82) is 0 Å². The van der Waals surface area contributed by atoms with Crippen LogP contribution in [0.15, 0.2) is 18.2 Å². The third-order valence-corrected chi connectivity index (χ3v) is 4.03. The Hall–Kier alpha value is -0.890. The molecular weight excluding hydrogens is 345 g/mol. The molecule has 1 unspecified atom stereocenters. The number of nitrogens with one attached hydrogen (secondary N) is 2. The monoisotopic (exact) mass is 361 g/mol. The fourth-order valence-electron chi connectivity index (χ4n) is 2.15. The van der Waals surface area contributed by atoms with Gasteiger partial charge in [-0.1, -0.05) is 0 Å². The molecule has 1 aliphatic rings. The van der Waals surface area contributed by atoms with Crippen molar-refractivity contribution in [2.24, 2.45) is 0 Å². The van der Waals surface area contributed by atoms with Crippen LogP contribution in [0.2, 0.25) is 0 Å². The summed E-state index contributed by atoms with van der Waals surface area (Å²) in [6, 6.07) is 5.53. The number of nitro groups is 1. The molecule has 2 rings (SSSR count). The van der Waals surface area contributed by atoms with Gasteiger partial charge in [0, 0.05) is 34.0 Å². The van der Waals surface area contributed by atoms with Crippen LogP contribution >= 0.6 is 22.6 Å². The Morgan fingerprint density at radius 2 is 2.39 bits per heavy atom. The third-order valence-electron chi connectivity index (χ3n) is 3.13. The van der Waals surface area contributed by atoms with Gasteiger partial charge in [-0.2, -0.15) is 0 Å². The highest BCUT2D eigenvalue weighted by atomic mass is 127. The minimum atomic E-state index is -0.367. The van der Waals surface area contributed by atoms with Gasteiger partial charge in [-0.3, -0.25) is 10.1 Å². The van der Waals surface area contributed by atoms with Crippen LogP contribution in [-0.4, -0.2) is 24.1 Å². The SMILES string of the molecule is O=[N+]([O-])c1ccc(NCCC2CCCN2)c(I)c1. The lowest BCUT2D eigenvalue weighted by Gasteiger charge is -2.12. The van der Waals surface area contributed by atoms with E-state index < -0.39 is 0 Å². The Labute approximate surface area is 120 Å². The van der Waals surface area contributed by atoms with E-state index in [2.05, 4.69) is 33.2 Å². The molecule has 0 radical (unpaired) electrons. The van der Waals surface area contributed by atoms with Crippen molar-refractivity contribution in [1.82, 2.24) is 5.32 Å². The molecule has 0 saturated carbocycles. The normalized spacial score (nSPS) is 18.8. The van der Waals surface area contributed by atoms with Crippen LogP contribution in [0.4, 0.5) is 11.4 Å². The lowest BCUT2D eigenvalue weighted by molar-refractivity contribution is -0.384. The van der Waals surface area contributed by atoms with E-state index >= 15 is 0 Å². The van der Waals surface area contributed by atoms with Gasteiger partial charge >= 0.3 is 0 Å². The number of halogens is 1. The van der Waals surface area contributed by atoms with Crippen LogP contribution < -0.4 is 10.6 Å². The van der Waals surface area contributed by atoms with E-state index in [1.165, 1.54) is 18.9 Å². The second kappa shape index (κ2) is 6.33. The number of hydrogen-bond acceptors (Lipinski definition) is 4. The van der Waals surface area contributed by atoms with Gasteiger partial charge in [0.1, 0.15) is 0 Å². The van der Waals surface area contributed by atoms with Crippen molar-refractivity contribution in [2.75, 3.05) is 18.4 Å². The van der Waals surface area contributed by atoms with Gasteiger partial charge < -0.3 is 10.6 Å². The number of nitro benzene ring substituents is 1. The minimum absolute atomic E-state index is 0.141. The molecule has 6 heteroatoms. The first kappa shape index (κ1) is 13.5. The Morgan fingerprint density at radius 3 is 3.00 bits per heavy atom. The fraction of sp³-hybridized carbons (Fsp3) is 0.500. The zero-order valence-electron chi connectivity index (χ0n) is 9.99. The van der Waals surface area contributed by atoms with Crippen LogP contribution in [0.3, 0.4) is 0 Å². The summed E-state index contributed by atoms with van der Waals surface area (Å²) in [7, 11) is 0. The lowest BCUT2D eigenvalue weighted by Crippen LogP contribution is -2.24. The number of benzene rings is 1. The largest absolute Gasteiger partial charge is 0.384 e. The van der Waals surface area contributed by atoms with E-state index in [4.69, 9.17) is 0 Å². The highest BCUT2D eigenvalue weighted by Crippen LogP contribution is 2.23. The molecule has 0 aromatic heterocycles. The summed E-state index contributed by atoms with van der Waals surface area (Å²) >= 11 is 2.12. The topological polar surface area (TPSA) is 67.2 Å². The van der Waals surface area contributed by atoms with Crippen LogP contribution in [-0.2, 0) is 0 Å². The fourth-order valence-corrected chi connectivity index (χ4v) is 2.83. The molecule has 18 heavy (non-hydrogen) atoms. The first-order valence-corrected chi connectivity index (χ1v) is 7.16. The molecule has 1 aromatic rings. The van der Waals surface area contributed by atoms with E-state index in [1.807, 2.05) is 0 Å². The third kappa shape index (κ3) is 3.55. The zero-order chi connectivity index (χ0) is 13.0. The van der Waals surface area contributed by atoms with Gasteiger partial charge in [-0.05, 0) is 54.5 Å². The van der Waals surface area contributed by atoms with E-state index in [9.17, 15) is 10.1 Å². The Kier molecular flexibility index (Phi) is 4.76. The summed E-state index contributed by atoms with van der Waals surface area (Å²) in [5.74, 6) is 0. The first-order chi connectivity index (χ1) is 8.66. The Balaban J connectivity index is 1.87. The van der Waals surface area contributed by atoms with Crippen molar-refractivity contribution >= 4 is 34.0 Å². The summed E-state index contributed by atoms with van der Waals surface area (Å²) in [4.78, 5) is 10.3. The van der Waals surface area contributed by atoms with Crippen molar-refractivity contribution in [3.05, 3.63) is 31.9 Å². The van der Waals surface area contributed by atoms with E-state index in [0.717, 1.165) is 28.8 Å². The van der Waals surface area contributed by atoms with E-state index in [-0.39, 0.29) is 10.6 Å². The summed E-state index contributed by atoms with van der Waals surface area (Å²) in [6.45, 7) is 2.02. The summed E-state index contributed by atoms with van der Waals surface area (Å²) in [5.41, 5.74) is 1.11. The summed E-state index contributed by atoms with van der Waals surface area (Å²) < 4.78 is 0.890. The van der Waals surface area contributed by atoms with Crippen molar-refractivity contribution in [3.63, 3.8) is 0 Å². The maximum absolute atomic E-state index is 10.6. The van der Waals surface area contributed by atoms with Gasteiger partial charge in [-0.15, -0.1) is 0 Å². The maximum Gasteiger partial charge on any atom is 0.270 e. The van der Waals surface area contributed by atoms with Crippen molar-refractivity contribution in [2.45, 2.75) is 25.3 Å². The predicted molar refractivity (Wildman–Crippen MR) is 79.9 cm³/mol. The van der Waals surface area contributed by atoms with Crippen LogP contribution in [0, 0.1) is 13.7 Å². The molecule has 0 spiro atoms. The molecule has 1 heterocycles. The number of nitrogens with zero attached hydrogens (tertiary/aromatic N) is 1. The van der Waals surface area contributed by atoms with Gasteiger partial charge in [0.05, 0.1) is 4.92 Å². The molecule has 1 aromatic carbocycles. The smallest absolute Gasteiger partial charge is 0.270 e. The summed E-state index contributed by atoms with van der Waals surface area (Å²) in [5, 5.41) is 17.4. The Morgan fingerprint density at radius 1 is 1.56 bits per heavy atom. The number of rotatable bonds is 5. The minimum Gasteiger partial charge on any atom is -0.384 e. The lowest BCUT2D eigenvalue weighted by atomic mass is 10.1. The summed E-state index contributed by atoms with van der Waals surface area (Å²) in [6.07, 6.45) is 3.60. The molecular formula is C12H16IN3O2. The predicted octanol–water partition coefficient (Wildman–Crippen LogP) is 2.75. The van der Waals surface area contributed by atoms with Gasteiger partial charge in [-0.25, -0.2) is 0 Å². The Bertz CT molecular complexity index is 433. The molecule has 98 valence electrons. The van der Waals surface area contributed by atoms with Gasteiger partial charge in [0.2, 0.25) is 0 Å². The molecule has 1 fully saturated rings. The van der Waals surface area contributed by atoms with Crippen LogP contribution in [0.25, 0.3) is 0 Å². The first-order valence-electron chi connectivity index (χ1n) is 6.08. The standard InChI is InChI=1S/C12H16IN3O2/c13-11-8-10(16(17)18)3-4-12(11)15-7-5-9-2-1-6-14-9/h3-4,8-9,14-15H,1-2,5-7H2. The molecule has 2 N–H and O–H groups in total. The molecule has 5 nitrogen and oxygen atoms in total. The number of hydrogen-bond donors (Lipinski definition) is 2. The molecule has 0 aliphatic carbocycles. The van der Waals surface area contributed by atoms with Gasteiger partial charge in [0.15, 0.2) is 0 Å². The van der Waals surface area contributed by atoms with Crippen molar-refractivity contribution in [3.8, 4) is 0 Å². The van der Waals surface area contributed by atoms with Crippen molar-refractivity contribution < 1.29 is 4.92 Å². The number of anilines is 1. The van der Waals surface area contributed by atoms with E-state index in [1.54, 1.807) is 12.1 Å². The molecule has 0 amide bonds. The van der Waals surface area contributed by atoms with Crippen LogP contribution in [0.1, 0.15) is 19.3 Å². The second-order valence-electron chi connectivity index (χ2n) is 4.43. The maximum atomic E-state index is 10.6. The second-order valence-corrected chi connectivity index (χ2v) is 5.59. The highest BCUT2D eigenvalue weighted by molar-refractivity contribution is 14.1. The molecule has 0 bridgehead atoms. The number of non-ortho nitro benzene ring substituents is 1. The molecule has 1 saturated heterocycles. The van der Waals surface area contributed by atoms with Crippen LogP contribution in [0.5, 0.6) is 0 Å². The molecule has 1 atom stereocenters.